The van der Waals surface area contributed by atoms with Gasteiger partial charge in [-0.3, -0.25) is 0 Å². The number of phenolic OH excluding ortho intramolecular Hbond substituents is 1. The summed E-state index contributed by atoms with van der Waals surface area (Å²) < 4.78 is 17.9. The maximum Gasteiger partial charge on any atom is 0.203 e. The van der Waals surface area contributed by atoms with Gasteiger partial charge in [0.2, 0.25) is 5.75 Å². The van der Waals surface area contributed by atoms with Crippen LogP contribution in [0.2, 0.25) is 0 Å². The van der Waals surface area contributed by atoms with Crippen LogP contribution in [0.25, 0.3) is 23.5 Å². The van der Waals surface area contributed by atoms with Crippen LogP contribution in [0.15, 0.2) is 36.4 Å². The average molecular weight is 381 g/mol. The van der Waals surface area contributed by atoms with Crippen LogP contribution in [0.4, 0.5) is 0 Å². The summed E-state index contributed by atoms with van der Waals surface area (Å²) in [7, 11) is 4.72. The van der Waals surface area contributed by atoms with Gasteiger partial charge in [-0.25, -0.2) is 9.67 Å². The van der Waals surface area contributed by atoms with Gasteiger partial charge in [0, 0.05) is 6.54 Å². The lowest BCUT2D eigenvalue weighted by Gasteiger charge is -2.12. The first-order valence-corrected chi connectivity index (χ1v) is 8.82. The number of aryl methyl sites for hydroxylation is 1. The molecule has 146 valence electrons. The standard InChI is InChI=1S/C21H23N3O4/c1-5-24-21(15-8-6-7-9-16(15)25)22-19(23-24)11-10-14-12-17(26-2)20(28-4)18(13-14)27-3/h6-13,25H,5H2,1-4H3/b11-10+. The summed E-state index contributed by atoms with van der Waals surface area (Å²) in [5, 5.41) is 14.6. The van der Waals surface area contributed by atoms with Crippen LogP contribution in [-0.4, -0.2) is 41.2 Å². The summed E-state index contributed by atoms with van der Waals surface area (Å²) in [6, 6.07) is 10.8. The zero-order valence-corrected chi connectivity index (χ0v) is 16.3. The van der Waals surface area contributed by atoms with Gasteiger partial charge in [0.25, 0.3) is 0 Å². The number of nitrogens with zero attached hydrogens (tertiary/aromatic N) is 3. The first-order chi connectivity index (χ1) is 13.6. The van der Waals surface area contributed by atoms with Gasteiger partial charge < -0.3 is 19.3 Å². The third kappa shape index (κ3) is 3.78. The summed E-state index contributed by atoms with van der Waals surface area (Å²) >= 11 is 0. The molecule has 7 nitrogen and oxygen atoms in total. The van der Waals surface area contributed by atoms with Gasteiger partial charge >= 0.3 is 0 Å². The number of rotatable bonds is 7. The fourth-order valence-corrected chi connectivity index (χ4v) is 2.88. The van der Waals surface area contributed by atoms with Crippen LogP contribution in [0.5, 0.6) is 23.0 Å². The normalized spacial score (nSPS) is 11.0. The molecule has 0 aliphatic carbocycles. The molecule has 0 atom stereocenters. The predicted molar refractivity (Wildman–Crippen MR) is 108 cm³/mol. The van der Waals surface area contributed by atoms with Gasteiger partial charge in [0.05, 0.1) is 26.9 Å². The highest BCUT2D eigenvalue weighted by Crippen LogP contribution is 2.38. The number of phenols is 1. The fraction of sp³-hybridized carbons (Fsp3) is 0.238. The maximum atomic E-state index is 10.1. The lowest BCUT2D eigenvalue weighted by molar-refractivity contribution is 0.324. The van der Waals surface area contributed by atoms with Crippen molar-refractivity contribution < 1.29 is 19.3 Å². The van der Waals surface area contributed by atoms with E-state index in [1.807, 2.05) is 37.3 Å². The molecular weight excluding hydrogens is 358 g/mol. The molecule has 1 heterocycles. The largest absolute Gasteiger partial charge is 0.507 e. The number of hydrogen-bond acceptors (Lipinski definition) is 6. The highest BCUT2D eigenvalue weighted by molar-refractivity contribution is 5.72. The Balaban J connectivity index is 1.96. The molecule has 0 bridgehead atoms. The van der Waals surface area contributed by atoms with E-state index in [-0.39, 0.29) is 5.75 Å². The first-order valence-electron chi connectivity index (χ1n) is 8.82. The summed E-state index contributed by atoms with van der Waals surface area (Å²) in [6.07, 6.45) is 3.67. The zero-order chi connectivity index (χ0) is 20.1. The van der Waals surface area contributed by atoms with Crippen LogP contribution in [0.3, 0.4) is 0 Å². The molecule has 3 rings (SSSR count). The number of ether oxygens (including phenoxy) is 3. The minimum absolute atomic E-state index is 0.171. The van der Waals surface area contributed by atoms with Crippen LogP contribution >= 0.6 is 0 Å². The second-order valence-corrected chi connectivity index (χ2v) is 5.92. The Bertz CT molecular complexity index is 970. The van der Waals surface area contributed by atoms with Crippen LogP contribution in [0.1, 0.15) is 18.3 Å². The maximum absolute atomic E-state index is 10.1. The van der Waals surface area contributed by atoms with Gasteiger partial charge in [-0.15, -0.1) is 0 Å². The number of para-hydroxylation sites is 1. The third-order valence-electron chi connectivity index (χ3n) is 4.24. The molecule has 2 aromatic carbocycles. The number of aromatic nitrogens is 3. The van der Waals surface area contributed by atoms with Crippen molar-refractivity contribution in [2.24, 2.45) is 0 Å². The molecule has 0 aliphatic heterocycles. The van der Waals surface area contributed by atoms with E-state index < -0.39 is 0 Å². The first kappa shape index (κ1) is 19.3. The quantitative estimate of drug-likeness (QED) is 0.669. The van der Waals surface area contributed by atoms with Crippen molar-refractivity contribution in [2.75, 3.05) is 21.3 Å². The van der Waals surface area contributed by atoms with Crippen LogP contribution < -0.4 is 14.2 Å². The molecule has 0 fully saturated rings. The van der Waals surface area contributed by atoms with Gasteiger partial charge in [-0.1, -0.05) is 18.2 Å². The predicted octanol–water partition coefficient (Wildman–Crippen LogP) is 3.87. The van der Waals surface area contributed by atoms with Gasteiger partial charge in [0.1, 0.15) is 5.75 Å². The number of hydrogen-bond donors (Lipinski definition) is 1. The molecule has 0 aliphatic rings. The molecule has 0 unspecified atom stereocenters. The van der Waals surface area contributed by atoms with E-state index in [4.69, 9.17) is 14.2 Å². The van der Waals surface area contributed by atoms with E-state index in [1.165, 1.54) is 0 Å². The smallest absolute Gasteiger partial charge is 0.203 e. The molecule has 0 saturated heterocycles. The van der Waals surface area contributed by atoms with Crippen molar-refractivity contribution in [3.63, 3.8) is 0 Å². The van der Waals surface area contributed by atoms with E-state index in [2.05, 4.69) is 10.1 Å². The van der Waals surface area contributed by atoms with Crippen molar-refractivity contribution >= 4 is 12.2 Å². The van der Waals surface area contributed by atoms with Crippen molar-refractivity contribution in [1.82, 2.24) is 14.8 Å². The van der Waals surface area contributed by atoms with Crippen LogP contribution in [0, 0.1) is 0 Å². The summed E-state index contributed by atoms with van der Waals surface area (Å²) in [4.78, 5) is 4.56. The van der Waals surface area contributed by atoms with Gasteiger partial charge in [-0.05, 0) is 42.8 Å². The second-order valence-electron chi connectivity index (χ2n) is 5.92. The number of methoxy groups -OCH3 is 3. The fourth-order valence-electron chi connectivity index (χ4n) is 2.88. The Morgan fingerprint density at radius 3 is 2.25 bits per heavy atom. The lowest BCUT2D eigenvalue weighted by Crippen LogP contribution is -1.99. The second kappa shape index (κ2) is 8.47. The third-order valence-corrected chi connectivity index (χ3v) is 4.24. The van der Waals surface area contributed by atoms with Crippen molar-refractivity contribution in [2.45, 2.75) is 13.5 Å². The summed E-state index contributed by atoms with van der Waals surface area (Å²) in [5.41, 5.74) is 1.50. The molecule has 0 spiro atoms. The molecule has 3 aromatic rings. The molecule has 0 radical (unpaired) electrons. The monoisotopic (exact) mass is 381 g/mol. The Kier molecular flexibility index (Phi) is 5.84. The SMILES string of the molecule is CCn1nc(/C=C/c2cc(OC)c(OC)c(OC)c2)nc1-c1ccccc1O. The number of aromatic hydroxyl groups is 1. The topological polar surface area (TPSA) is 78.6 Å². The minimum atomic E-state index is 0.171. The van der Waals surface area contributed by atoms with Crippen LogP contribution in [-0.2, 0) is 6.54 Å². The number of benzene rings is 2. The lowest BCUT2D eigenvalue weighted by atomic mass is 10.1. The molecule has 0 amide bonds. The molecule has 28 heavy (non-hydrogen) atoms. The van der Waals surface area contributed by atoms with E-state index >= 15 is 0 Å². The Hall–Kier alpha value is -3.48. The molecular formula is C21H23N3O4. The van der Waals surface area contributed by atoms with Crippen molar-refractivity contribution in [3.8, 4) is 34.4 Å². The van der Waals surface area contributed by atoms with Crippen molar-refractivity contribution in [3.05, 3.63) is 47.8 Å². The molecule has 1 N–H and O–H groups in total. The van der Waals surface area contributed by atoms with E-state index in [0.29, 0.717) is 41.0 Å². The summed E-state index contributed by atoms with van der Waals surface area (Å²) in [5.74, 6) is 3.01. The highest BCUT2D eigenvalue weighted by atomic mass is 16.5. The Morgan fingerprint density at radius 2 is 1.68 bits per heavy atom. The van der Waals surface area contributed by atoms with E-state index in [1.54, 1.807) is 44.2 Å². The van der Waals surface area contributed by atoms with Gasteiger partial charge in [0.15, 0.2) is 23.1 Å². The van der Waals surface area contributed by atoms with Crippen molar-refractivity contribution in [1.29, 1.82) is 0 Å². The summed E-state index contributed by atoms with van der Waals surface area (Å²) in [6.45, 7) is 2.61. The molecule has 1 aromatic heterocycles. The zero-order valence-electron chi connectivity index (χ0n) is 16.3. The molecule has 0 saturated carbocycles. The Morgan fingerprint density at radius 1 is 1.00 bits per heavy atom. The average Bonchev–Trinajstić information content (AvgIpc) is 3.14. The Labute approximate surface area is 163 Å². The molecule has 7 heteroatoms. The van der Waals surface area contributed by atoms with E-state index in [0.717, 1.165) is 5.56 Å². The van der Waals surface area contributed by atoms with Gasteiger partial charge in [-0.2, -0.15) is 5.10 Å². The van der Waals surface area contributed by atoms with E-state index in [9.17, 15) is 5.11 Å². The highest BCUT2D eigenvalue weighted by Gasteiger charge is 2.14. The minimum Gasteiger partial charge on any atom is -0.507 e.